The van der Waals surface area contributed by atoms with Crippen molar-refractivity contribution in [2.24, 2.45) is 0 Å². The molecule has 0 radical (unpaired) electrons. The second-order valence-corrected chi connectivity index (χ2v) is 5.68. The summed E-state index contributed by atoms with van der Waals surface area (Å²) in [5.41, 5.74) is 1.13. The molecule has 0 aliphatic rings. The van der Waals surface area contributed by atoms with Crippen molar-refractivity contribution in [3.63, 3.8) is 0 Å². The van der Waals surface area contributed by atoms with Crippen LogP contribution in [-0.2, 0) is 0 Å². The monoisotopic (exact) mass is 388 g/mol. The Bertz CT molecular complexity index is 604. The molecule has 18 heavy (non-hydrogen) atoms. The van der Waals surface area contributed by atoms with Crippen molar-refractivity contribution in [2.75, 3.05) is 5.32 Å². The van der Waals surface area contributed by atoms with E-state index < -0.39 is 0 Å². The minimum absolute atomic E-state index is 0.230. The Morgan fingerprint density at radius 1 is 1.22 bits per heavy atom. The Labute approximate surface area is 126 Å². The molecule has 0 aliphatic carbocycles. The average molecular weight is 390 g/mol. The zero-order chi connectivity index (χ0) is 13.1. The maximum absolute atomic E-state index is 12.0. The summed E-state index contributed by atoms with van der Waals surface area (Å²) in [6.45, 7) is 0. The summed E-state index contributed by atoms with van der Waals surface area (Å²) in [4.78, 5) is 15.9. The van der Waals surface area contributed by atoms with E-state index in [1.807, 2.05) is 0 Å². The molecule has 0 fully saturated rings. The summed E-state index contributed by atoms with van der Waals surface area (Å²) in [7, 11) is 0. The van der Waals surface area contributed by atoms with E-state index in [0.29, 0.717) is 16.3 Å². The molecular weight excluding hydrogens is 383 g/mol. The van der Waals surface area contributed by atoms with Crippen molar-refractivity contribution in [3.8, 4) is 0 Å². The summed E-state index contributed by atoms with van der Waals surface area (Å²) in [6.07, 6.45) is 3.12. The number of amides is 1. The molecule has 1 aromatic heterocycles. The van der Waals surface area contributed by atoms with Gasteiger partial charge in [0, 0.05) is 26.4 Å². The van der Waals surface area contributed by atoms with E-state index in [4.69, 9.17) is 11.6 Å². The van der Waals surface area contributed by atoms with Gasteiger partial charge >= 0.3 is 0 Å². The van der Waals surface area contributed by atoms with E-state index in [2.05, 4.69) is 42.2 Å². The first-order valence-electron chi connectivity index (χ1n) is 4.93. The van der Waals surface area contributed by atoms with Gasteiger partial charge in [0.25, 0.3) is 5.91 Å². The number of halogens is 3. The maximum atomic E-state index is 12.0. The summed E-state index contributed by atoms with van der Waals surface area (Å²) in [6, 6.07) is 6.86. The van der Waals surface area contributed by atoms with Crippen molar-refractivity contribution < 1.29 is 4.79 Å². The van der Waals surface area contributed by atoms with Gasteiger partial charge in [-0.2, -0.15) is 0 Å². The van der Waals surface area contributed by atoms with Gasteiger partial charge in [0.1, 0.15) is 0 Å². The normalized spacial score (nSPS) is 10.2. The standard InChI is InChI=1S/C12H7Br2ClN2O/c13-8-3-7(5-16-6-8)12(18)17-11-2-1-9(15)4-10(11)14/h1-6H,(H,17,18). The van der Waals surface area contributed by atoms with Crippen LogP contribution in [0.25, 0.3) is 0 Å². The number of nitrogens with one attached hydrogen (secondary N) is 1. The van der Waals surface area contributed by atoms with Gasteiger partial charge in [0.15, 0.2) is 0 Å². The lowest BCUT2D eigenvalue weighted by molar-refractivity contribution is 0.102. The number of pyridine rings is 1. The lowest BCUT2D eigenvalue weighted by Gasteiger charge is -2.07. The summed E-state index contributed by atoms with van der Waals surface area (Å²) < 4.78 is 1.48. The molecule has 6 heteroatoms. The average Bonchev–Trinajstić information content (AvgIpc) is 2.32. The minimum Gasteiger partial charge on any atom is -0.321 e. The molecule has 0 saturated carbocycles. The van der Waals surface area contributed by atoms with Crippen LogP contribution in [0.4, 0.5) is 5.69 Å². The van der Waals surface area contributed by atoms with Crippen LogP contribution >= 0.6 is 43.5 Å². The molecular formula is C12H7Br2ClN2O. The van der Waals surface area contributed by atoms with E-state index in [1.54, 1.807) is 30.5 Å². The molecule has 92 valence electrons. The van der Waals surface area contributed by atoms with Crippen LogP contribution in [0.1, 0.15) is 10.4 Å². The van der Waals surface area contributed by atoms with Crippen LogP contribution in [-0.4, -0.2) is 10.9 Å². The molecule has 2 rings (SSSR count). The van der Waals surface area contributed by atoms with Crippen LogP contribution in [0.3, 0.4) is 0 Å². The van der Waals surface area contributed by atoms with E-state index in [1.165, 1.54) is 6.20 Å². The molecule has 3 nitrogen and oxygen atoms in total. The van der Waals surface area contributed by atoms with Gasteiger partial charge in [-0.3, -0.25) is 9.78 Å². The van der Waals surface area contributed by atoms with Gasteiger partial charge in [0.2, 0.25) is 0 Å². The smallest absolute Gasteiger partial charge is 0.257 e. The highest BCUT2D eigenvalue weighted by Gasteiger charge is 2.09. The number of rotatable bonds is 2. The topological polar surface area (TPSA) is 42.0 Å². The van der Waals surface area contributed by atoms with Crippen LogP contribution in [0.15, 0.2) is 45.6 Å². The predicted molar refractivity (Wildman–Crippen MR) is 79.0 cm³/mol. The van der Waals surface area contributed by atoms with Gasteiger partial charge in [-0.25, -0.2) is 0 Å². The van der Waals surface area contributed by atoms with Crippen molar-refractivity contribution in [1.29, 1.82) is 0 Å². The molecule has 1 heterocycles. The third kappa shape index (κ3) is 3.31. The highest BCUT2D eigenvalue weighted by molar-refractivity contribution is 9.10. The Morgan fingerprint density at radius 3 is 2.67 bits per heavy atom. The lowest BCUT2D eigenvalue weighted by Crippen LogP contribution is -2.12. The number of anilines is 1. The van der Waals surface area contributed by atoms with Gasteiger partial charge in [-0.1, -0.05) is 11.6 Å². The fourth-order valence-electron chi connectivity index (χ4n) is 1.32. The predicted octanol–water partition coefficient (Wildman–Crippen LogP) is 4.51. The van der Waals surface area contributed by atoms with E-state index in [0.717, 1.165) is 8.95 Å². The number of aromatic nitrogens is 1. The number of hydrogen-bond acceptors (Lipinski definition) is 2. The number of nitrogens with zero attached hydrogens (tertiary/aromatic N) is 1. The Hall–Kier alpha value is -0.910. The Balaban J connectivity index is 2.21. The summed E-state index contributed by atoms with van der Waals surface area (Å²) >= 11 is 12.4. The zero-order valence-corrected chi connectivity index (χ0v) is 12.9. The molecule has 0 aliphatic heterocycles. The first-order valence-corrected chi connectivity index (χ1v) is 6.89. The van der Waals surface area contributed by atoms with Gasteiger partial charge < -0.3 is 5.32 Å². The third-order valence-electron chi connectivity index (χ3n) is 2.15. The molecule has 1 aromatic carbocycles. The lowest BCUT2D eigenvalue weighted by atomic mass is 10.2. The number of carbonyl (C=O) groups excluding carboxylic acids is 1. The largest absolute Gasteiger partial charge is 0.321 e. The maximum Gasteiger partial charge on any atom is 0.257 e. The summed E-state index contributed by atoms with van der Waals surface area (Å²) in [5.74, 6) is -0.230. The van der Waals surface area contributed by atoms with Crippen LogP contribution in [0.2, 0.25) is 5.02 Å². The minimum atomic E-state index is -0.230. The highest BCUT2D eigenvalue weighted by Crippen LogP contribution is 2.26. The fraction of sp³-hybridized carbons (Fsp3) is 0. The second kappa shape index (κ2) is 5.82. The van der Waals surface area contributed by atoms with E-state index in [-0.39, 0.29) is 5.91 Å². The Morgan fingerprint density at radius 2 is 2.00 bits per heavy atom. The van der Waals surface area contributed by atoms with Gasteiger partial charge in [-0.15, -0.1) is 0 Å². The number of carbonyl (C=O) groups is 1. The van der Waals surface area contributed by atoms with Crippen LogP contribution < -0.4 is 5.32 Å². The molecule has 2 aromatic rings. The fourth-order valence-corrected chi connectivity index (χ4v) is 2.47. The van der Waals surface area contributed by atoms with E-state index >= 15 is 0 Å². The molecule has 1 N–H and O–H groups in total. The summed E-state index contributed by atoms with van der Waals surface area (Å²) in [5, 5.41) is 3.38. The van der Waals surface area contributed by atoms with Crippen LogP contribution in [0.5, 0.6) is 0 Å². The second-order valence-electron chi connectivity index (χ2n) is 3.47. The van der Waals surface area contributed by atoms with Gasteiger partial charge in [0.05, 0.1) is 11.3 Å². The Kier molecular flexibility index (Phi) is 4.37. The molecule has 0 spiro atoms. The first-order chi connectivity index (χ1) is 8.56. The van der Waals surface area contributed by atoms with Crippen LogP contribution in [0, 0.1) is 0 Å². The zero-order valence-electron chi connectivity index (χ0n) is 8.95. The third-order valence-corrected chi connectivity index (χ3v) is 3.47. The first kappa shape index (κ1) is 13.5. The van der Waals surface area contributed by atoms with Crippen molar-refractivity contribution in [3.05, 3.63) is 56.2 Å². The molecule has 0 bridgehead atoms. The molecule has 0 saturated heterocycles. The molecule has 0 atom stereocenters. The SMILES string of the molecule is O=C(Nc1ccc(Cl)cc1Br)c1cncc(Br)c1. The van der Waals surface area contributed by atoms with Crippen molar-refractivity contribution in [2.45, 2.75) is 0 Å². The molecule has 1 amide bonds. The van der Waals surface area contributed by atoms with Gasteiger partial charge in [-0.05, 0) is 56.1 Å². The van der Waals surface area contributed by atoms with E-state index in [9.17, 15) is 4.79 Å². The number of benzene rings is 1. The highest BCUT2D eigenvalue weighted by atomic mass is 79.9. The number of hydrogen-bond donors (Lipinski definition) is 1. The molecule has 0 unspecified atom stereocenters. The van der Waals surface area contributed by atoms with Crippen molar-refractivity contribution in [1.82, 2.24) is 4.98 Å². The van der Waals surface area contributed by atoms with Crippen molar-refractivity contribution >= 4 is 55.1 Å². The quantitative estimate of drug-likeness (QED) is 0.820.